The average molecular weight is 289 g/mol. The summed E-state index contributed by atoms with van der Waals surface area (Å²) < 4.78 is 1.60. The number of hydrogen-bond donors (Lipinski definition) is 0. The predicted molar refractivity (Wildman–Crippen MR) is 79.1 cm³/mol. The summed E-state index contributed by atoms with van der Waals surface area (Å²) >= 11 is 0. The van der Waals surface area contributed by atoms with Gasteiger partial charge in [0.25, 0.3) is 5.56 Å². The van der Waals surface area contributed by atoms with Crippen molar-refractivity contribution in [2.75, 3.05) is 0 Å². The largest absolute Gasteiger partial charge is 0.294 e. The number of rotatable bonds is 2. The molecule has 2 aromatic rings. The lowest BCUT2D eigenvalue weighted by molar-refractivity contribution is 0.878. The van der Waals surface area contributed by atoms with Crippen molar-refractivity contribution < 1.29 is 0 Å². The van der Waals surface area contributed by atoms with Crippen LogP contribution in [-0.4, -0.2) is 14.5 Å². The Kier molecular flexibility index (Phi) is 3.98. The van der Waals surface area contributed by atoms with Gasteiger partial charge in [0.2, 0.25) is 0 Å². The van der Waals surface area contributed by atoms with Gasteiger partial charge in [-0.3, -0.25) is 9.36 Å². The maximum atomic E-state index is 12.0. The minimum Gasteiger partial charge on any atom is -0.294 e. The third-order valence-corrected chi connectivity index (χ3v) is 11.9. The summed E-state index contributed by atoms with van der Waals surface area (Å²) in [5.74, 6) is 0. The van der Waals surface area contributed by atoms with Gasteiger partial charge in [-0.05, 0) is 12.1 Å². The zero-order valence-electron chi connectivity index (χ0n) is 8.58. The lowest BCUT2D eigenvalue weighted by Crippen LogP contribution is -2.30. The van der Waals surface area contributed by atoms with Crippen molar-refractivity contribution in [3.05, 3.63) is 28.7 Å². The van der Waals surface area contributed by atoms with Crippen LogP contribution in [0, 0.1) is 0 Å². The minimum absolute atomic E-state index is 0.0706. The minimum atomic E-state index is -0.452. The molecular weight excluding hydrogens is 278 g/mol. The molecule has 0 aliphatic carbocycles. The number of pyridine rings is 1. The molecule has 2 aromatic heterocycles. The number of nitrogens with zero attached hydrogens (tertiary/aromatic N) is 3. The van der Waals surface area contributed by atoms with Gasteiger partial charge in [-0.25, -0.2) is 9.97 Å². The Labute approximate surface area is 100 Å². The Hall–Kier alpha value is 0.0100. The fourth-order valence-electron chi connectivity index (χ4n) is 1.36. The van der Waals surface area contributed by atoms with Gasteiger partial charge in [-0.15, -0.1) is 8.93 Å². The van der Waals surface area contributed by atoms with Crippen molar-refractivity contribution >= 4 is 49.7 Å². The first-order valence-corrected chi connectivity index (χ1v) is 11.1. The van der Waals surface area contributed by atoms with Gasteiger partial charge in [-0.2, -0.15) is 0 Å². The Bertz CT molecular complexity index is 585. The van der Waals surface area contributed by atoms with Crippen LogP contribution in [0.2, 0.25) is 0 Å². The van der Waals surface area contributed by atoms with Crippen LogP contribution in [0.15, 0.2) is 23.1 Å². The fourth-order valence-corrected chi connectivity index (χ4v) is 4.78. The molecule has 84 valence electrons. The summed E-state index contributed by atoms with van der Waals surface area (Å²) in [5.41, 5.74) is 1.89. The molecule has 4 unspecified atom stereocenters. The zero-order valence-corrected chi connectivity index (χ0v) is 12.8. The van der Waals surface area contributed by atoms with Crippen LogP contribution >= 0.6 is 33.1 Å². The predicted octanol–water partition coefficient (Wildman–Crippen LogP) is 1.61. The second-order valence-electron chi connectivity index (χ2n) is 3.15. The maximum absolute atomic E-state index is 12.0. The molecule has 0 radical (unpaired) electrons. The fraction of sp³-hybridized carbons (Fsp3) is 0.125. The van der Waals surface area contributed by atoms with E-state index in [4.69, 9.17) is 0 Å². The lowest BCUT2D eigenvalue weighted by atomic mass is 10.4. The highest BCUT2D eigenvalue weighted by atomic mass is 32.6. The van der Waals surface area contributed by atoms with Crippen molar-refractivity contribution in [3.8, 4) is 0 Å². The summed E-state index contributed by atoms with van der Waals surface area (Å²) in [5, 5.41) is 0. The third kappa shape index (κ3) is 2.18. The molecule has 2 heterocycles. The van der Waals surface area contributed by atoms with Crippen LogP contribution in [0.1, 0.15) is 0 Å². The Morgan fingerprint density at radius 1 is 1.56 bits per heavy atom. The van der Waals surface area contributed by atoms with Crippen molar-refractivity contribution in [3.63, 3.8) is 0 Å². The van der Waals surface area contributed by atoms with Crippen LogP contribution < -0.4 is 11.1 Å². The molecular formula is C8H11N3OP4. The first-order valence-electron chi connectivity index (χ1n) is 4.48. The van der Waals surface area contributed by atoms with Crippen molar-refractivity contribution in [1.29, 1.82) is 0 Å². The molecule has 0 bridgehead atoms. The molecule has 0 aromatic carbocycles. The molecule has 0 amide bonds. The van der Waals surface area contributed by atoms with Crippen molar-refractivity contribution in [2.45, 2.75) is 0 Å². The van der Waals surface area contributed by atoms with Crippen LogP contribution in [0.5, 0.6) is 0 Å². The third-order valence-electron chi connectivity index (χ3n) is 2.17. The van der Waals surface area contributed by atoms with Gasteiger partial charge in [0.15, 0.2) is 5.52 Å². The van der Waals surface area contributed by atoms with Crippen molar-refractivity contribution in [2.24, 2.45) is 7.05 Å². The molecule has 4 nitrogen and oxygen atoms in total. The molecule has 0 saturated carbocycles. The Morgan fingerprint density at radius 3 is 3.00 bits per heavy atom. The lowest BCUT2D eigenvalue weighted by Gasteiger charge is -2.13. The van der Waals surface area contributed by atoms with E-state index in [9.17, 15) is 4.79 Å². The monoisotopic (exact) mass is 289 g/mol. The Morgan fingerprint density at radius 2 is 2.31 bits per heavy atom. The van der Waals surface area contributed by atoms with E-state index in [1.165, 1.54) is 0 Å². The summed E-state index contributed by atoms with van der Waals surface area (Å²) in [6.45, 7) is 0. The van der Waals surface area contributed by atoms with Gasteiger partial charge in [0, 0.05) is 20.5 Å². The van der Waals surface area contributed by atoms with Gasteiger partial charge in [-0.1, -0.05) is 16.9 Å². The van der Waals surface area contributed by atoms with Gasteiger partial charge in [0.05, 0.1) is 5.52 Å². The van der Waals surface area contributed by atoms with E-state index in [-0.39, 0.29) is 5.56 Å². The zero-order chi connectivity index (χ0) is 11.7. The molecule has 0 fully saturated rings. The normalized spacial score (nSPS) is 13.7. The van der Waals surface area contributed by atoms with E-state index < -0.39 is 7.30 Å². The van der Waals surface area contributed by atoms with E-state index in [0.29, 0.717) is 19.0 Å². The molecule has 8 heteroatoms. The molecule has 0 N–H and O–H groups in total. The SMILES string of the molecule is Cn1c(P(P)PP)nc2cccnc2c1=O. The maximum Gasteiger partial charge on any atom is 0.280 e. The number of fused-ring (bicyclic) bond motifs is 1. The summed E-state index contributed by atoms with van der Waals surface area (Å²) in [4.78, 5) is 20.6. The van der Waals surface area contributed by atoms with Crippen LogP contribution in [-0.2, 0) is 7.05 Å². The van der Waals surface area contributed by atoms with E-state index in [1.54, 1.807) is 23.9 Å². The van der Waals surface area contributed by atoms with Crippen LogP contribution in [0.3, 0.4) is 0 Å². The first-order chi connectivity index (χ1) is 7.65. The number of hydrogen-bond acceptors (Lipinski definition) is 3. The topological polar surface area (TPSA) is 47.8 Å². The summed E-state index contributed by atoms with van der Waals surface area (Å²) in [6, 6.07) is 3.62. The second-order valence-corrected chi connectivity index (χ2v) is 12.2. The Balaban J connectivity index is 2.79. The van der Waals surface area contributed by atoms with E-state index >= 15 is 0 Å². The smallest absolute Gasteiger partial charge is 0.280 e. The number of aromatic nitrogens is 3. The van der Waals surface area contributed by atoms with Gasteiger partial charge in [0.1, 0.15) is 5.57 Å². The van der Waals surface area contributed by atoms with Crippen LogP contribution in [0.4, 0.5) is 0 Å². The molecule has 2 rings (SSSR count). The van der Waals surface area contributed by atoms with E-state index in [1.807, 2.05) is 6.07 Å². The van der Waals surface area contributed by atoms with Gasteiger partial charge >= 0.3 is 0 Å². The second kappa shape index (κ2) is 5.11. The van der Waals surface area contributed by atoms with Crippen LogP contribution in [0.25, 0.3) is 11.0 Å². The standard InChI is InChI=1S/C8H11N3OP4/c1-11-7(12)6-5(3-2-4-9-6)10-8(11)16(14)15-13/h2-4,15H,13-14H2,1H3. The molecule has 16 heavy (non-hydrogen) atoms. The van der Waals surface area contributed by atoms with Crippen molar-refractivity contribution in [1.82, 2.24) is 14.5 Å². The molecule has 4 atom stereocenters. The highest BCUT2D eigenvalue weighted by Gasteiger charge is 2.13. The highest BCUT2D eigenvalue weighted by molar-refractivity contribution is 8.63. The van der Waals surface area contributed by atoms with E-state index in [0.717, 1.165) is 5.57 Å². The summed E-state index contributed by atoms with van der Waals surface area (Å²) in [6.07, 6.45) is 1.62. The molecule has 0 saturated heterocycles. The first kappa shape index (κ1) is 12.5. The quantitative estimate of drug-likeness (QED) is 0.789. The van der Waals surface area contributed by atoms with E-state index in [2.05, 4.69) is 27.8 Å². The summed E-state index contributed by atoms with van der Waals surface area (Å²) in [7, 11) is 7.45. The average Bonchev–Trinajstić information content (AvgIpc) is 2.33. The molecule has 0 aliphatic heterocycles. The molecule has 0 aliphatic rings. The van der Waals surface area contributed by atoms with Gasteiger partial charge < -0.3 is 0 Å². The highest BCUT2D eigenvalue weighted by Crippen LogP contribution is 2.64. The molecule has 0 spiro atoms.